The minimum absolute atomic E-state index is 0.111. The molecule has 0 unspecified atom stereocenters. The fourth-order valence-corrected chi connectivity index (χ4v) is 1.16. The second kappa shape index (κ2) is 10.0. The fourth-order valence-electron chi connectivity index (χ4n) is 1.16. The maximum absolute atomic E-state index is 9.04. The lowest BCUT2D eigenvalue weighted by Gasteiger charge is -2.27. The molecule has 0 heterocycles. The quantitative estimate of drug-likeness (QED) is 0.676. The Hall–Kier alpha value is -0.0800. The van der Waals surface area contributed by atoms with E-state index in [1.165, 1.54) is 0 Å². The average molecular weight is 190 g/mol. The van der Waals surface area contributed by atoms with Gasteiger partial charge in [0.2, 0.25) is 0 Å². The highest BCUT2D eigenvalue weighted by Crippen LogP contribution is 2.27. The lowest BCUT2D eigenvalue weighted by Crippen LogP contribution is -2.28. The molecule has 0 amide bonds. The molecule has 0 atom stereocenters. The zero-order chi connectivity index (χ0) is 10.7. The Morgan fingerprint density at radius 3 is 1.69 bits per heavy atom. The molecule has 0 aromatic carbocycles. The molecule has 0 fully saturated rings. The first-order valence-electron chi connectivity index (χ1n) is 5.46. The van der Waals surface area contributed by atoms with Gasteiger partial charge in [-0.1, -0.05) is 40.5 Å². The van der Waals surface area contributed by atoms with E-state index in [-0.39, 0.29) is 18.6 Å². The molecule has 2 N–H and O–H groups in total. The SMILES string of the molecule is CC.CCCCC(CC)(CO)CO. The highest BCUT2D eigenvalue weighted by Gasteiger charge is 2.25. The van der Waals surface area contributed by atoms with Crippen LogP contribution in [0.5, 0.6) is 0 Å². The van der Waals surface area contributed by atoms with Crippen LogP contribution in [0.3, 0.4) is 0 Å². The molecule has 2 nitrogen and oxygen atoms in total. The van der Waals surface area contributed by atoms with Crippen LogP contribution in [-0.2, 0) is 0 Å². The van der Waals surface area contributed by atoms with Crippen LogP contribution in [-0.4, -0.2) is 23.4 Å². The molecule has 0 aromatic heterocycles. The topological polar surface area (TPSA) is 40.5 Å². The van der Waals surface area contributed by atoms with Crippen LogP contribution in [0.15, 0.2) is 0 Å². The molecule has 13 heavy (non-hydrogen) atoms. The molecule has 0 saturated heterocycles. The maximum Gasteiger partial charge on any atom is 0.0509 e. The number of unbranched alkanes of at least 4 members (excludes halogenated alkanes) is 1. The summed E-state index contributed by atoms with van der Waals surface area (Å²) in [6, 6.07) is 0. The second-order valence-electron chi connectivity index (χ2n) is 3.27. The zero-order valence-corrected chi connectivity index (χ0v) is 9.64. The van der Waals surface area contributed by atoms with Crippen molar-refractivity contribution in [3.05, 3.63) is 0 Å². The molecule has 2 heteroatoms. The van der Waals surface area contributed by atoms with E-state index in [4.69, 9.17) is 10.2 Å². The van der Waals surface area contributed by atoms with Gasteiger partial charge in [0, 0.05) is 5.41 Å². The summed E-state index contributed by atoms with van der Waals surface area (Å²) in [5, 5.41) is 18.1. The van der Waals surface area contributed by atoms with Gasteiger partial charge in [0.1, 0.15) is 0 Å². The summed E-state index contributed by atoms with van der Waals surface area (Å²) in [6.07, 6.45) is 4.02. The normalized spacial score (nSPS) is 10.6. The third-order valence-electron chi connectivity index (χ3n) is 2.48. The molecule has 0 saturated carbocycles. The average Bonchev–Trinajstić information content (AvgIpc) is 2.24. The van der Waals surface area contributed by atoms with Crippen molar-refractivity contribution < 1.29 is 10.2 Å². The lowest BCUT2D eigenvalue weighted by atomic mass is 9.82. The molecule has 0 aliphatic carbocycles. The van der Waals surface area contributed by atoms with Gasteiger partial charge in [-0.25, -0.2) is 0 Å². The van der Waals surface area contributed by atoms with Gasteiger partial charge in [0.25, 0.3) is 0 Å². The zero-order valence-electron chi connectivity index (χ0n) is 9.64. The van der Waals surface area contributed by atoms with Gasteiger partial charge in [0.05, 0.1) is 13.2 Å². The van der Waals surface area contributed by atoms with Gasteiger partial charge in [-0.2, -0.15) is 0 Å². The number of rotatable bonds is 6. The van der Waals surface area contributed by atoms with Crippen molar-refractivity contribution in [1.82, 2.24) is 0 Å². The minimum atomic E-state index is -0.212. The van der Waals surface area contributed by atoms with Crippen molar-refractivity contribution in [2.24, 2.45) is 5.41 Å². The number of aliphatic hydroxyl groups is 2. The summed E-state index contributed by atoms with van der Waals surface area (Å²) in [7, 11) is 0. The van der Waals surface area contributed by atoms with E-state index in [2.05, 4.69) is 6.92 Å². The van der Waals surface area contributed by atoms with E-state index in [1.54, 1.807) is 0 Å². The minimum Gasteiger partial charge on any atom is -0.396 e. The van der Waals surface area contributed by atoms with Crippen molar-refractivity contribution in [1.29, 1.82) is 0 Å². The van der Waals surface area contributed by atoms with Gasteiger partial charge < -0.3 is 10.2 Å². The van der Waals surface area contributed by atoms with Gasteiger partial charge in [-0.05, 0) is 12.8 Å². The highest BCUT2D eigenvalue weighted by molar-refractivity contribution is 4.75. The third kappa shape index (κ3) is 6.05. The van der Waals surface area contributed by atoms with Crippen LogP contribution in [0.2, 0.25) is 0 Å². The Kier molecular flexibility index (Phi) is 11.8. The van der Waals surface area contributed by atoms with Crippen LogP contribution in [0.1, 0.15) is 53.4 Å². The Morgan fingerprint density at radius 2 is 1.46 bits per heavy atom. The Balaban J connectivity index is 0. The van der Waals surface area contributed by atoms with Crippen molar-refractivity contribution in [2.45, 2.75) is 53.4 Å². The van der Waals surface area contributed by atoms with Gasteiger partial charge in [0.15, 0.2) is 0 Å². The maximum atomic E-state index is 9.04. The highest BCUT2D eigenvalue weighted by atomic mass is 16.3. The largest absolute Gasteiger partial charge is 0.396 e. The predicted octanol–water partition coefficient (Wildman–Crippen LogP) is 2.58. The van der Waals surface area contributed by atoms with Crippen LogP contribution in [0, 0.1) is 5.41 Å². The van der Waals surface area contributed by atoms with E-state index in [1.807, 2.05) is 20.8 Å². The van der Waals surface area contributed by atoms with Crippen LogP contribution >= 0.6 is 0 Å². The van der Waals surface area contributed by atoms with Crippen molar-refractivity contribution >= 4 is 0 Å². The summed E-state index contributed by atoms with van der Waals surface area (Å²) in [5.41, 5.74) is -0.212. The monoisotopic (exact) mass is 190 g/mol. The summed E-state index contributed by atoms with van der Waals surface area (Å²) in [4.78, 5) is 0. The van der Waals surface area contributed by atoms with Crippen molar-refractivity contribution in [2.75, 3.05) is 13.2 Å². The molecule has 0 radical (unpaired) electrons. The molecule has 0 aromatic rings. The van der Waals surface area contributed by atoms with Crippen LogP contribution in [0.25, 0.3) is 0 Å². The molecule has 0 aliphatic rings. The van der Waals surface area contributed by atoms with Gasteiger partial charge in [-0.3, -0.25) is 0 Å². The smallest absolute Gasteiger partial charge is 0.0509 e. The van der Waals surface area contributed by atoms with Gasteiger partial charge >= 0.3 is 0 Å². The summed E-state index contributed by atoms with van der Waals surface area (Å²) in [5.74, 6) is 0. The molecule has 0 rings (SSSR count). The summed E-state index contributed by atoms with van der Waals surface area (Å²) >= 11 is 0. The van der Waals surface area contributed by atoms with Crippen molar-refractivity contribution in [3.8, 4) is 0 Å². The fraction of sp³-hybridized carbons (Fsp3) is 1.00. The number of aliphatic hydroxyl groups excluding tert-OH is 2. The van der Waals surface area contributed by atoms with E-state index in [0.29, 0.717) is 0 Å². The molecular weight excluding hydrogens is 164 g/mol. The number of hydrogen-bond donors (Lipinski definition) is 2. The molecule has 0 aliphatic heterocycles. The van der Waals surface area contributed by atoms with E-state index in [0.717, 1.165) is 25.7 Å². The number of hydrogen-bond acceptors (Lipinski definition) is 2. The molecule has 0 spiro atoms. The Bertz CT molecular complexity index is 79.8. The van der Waals surface area contributed by atoms with Crippen LogP contribution < -0.4 is 0 Å². The standard InChI is InChI=1S/C9H20O2.C2H6/c1-3-5-6-9(4-2,7-10)8-11;1-2/h10-11H,3-8H2,1-2H3;1-2H3. The molecule has 0 bridgehead atoms. The van der Waals surface area contributed by atoms with E-state index >= 15 is 0 Å². The Morgan fingerprint density at radius 1 is 1.00 bits per heavy atom. The third-order valence-corrected chi connectivity index (χ3v) is 2.48. The molecular formula is C11H26O2. The lowest BCUT2D eigenvalue weighted by molar-refractivity contribution is 0.0420. The first-order valence-corrected chi connectivity index (χ1v) is 5.46. The molecule has 82 valence electrons. The van der Waals surface area contributed by atoms with Gasteiger partial charge in [-0.15, -0.1) is 0 Å². The van der Waals surface area contributed by atoms with Crippen LogP contribution in [0.4, 0.5) is 0 Å². The predicted molar refractivity (Wildman–Crippen MR) is 57.8 cm³/mol. The van der Waals surface area contributed by atoms with E-state index in [9.17, 15) is 0 Å². The Labute approximate surface area is 83.0 Å². The summed E-state index contributed by atoms with van der Waals surface area (Å²) < 4.78 is 0. The summed E-state index contributed by atoms with van der Waals surface area (Å²) in [6.45, 7) is 8.36. The first-order chi connectivity index (χ1) is 6.24. The second-order valence-corrected chi connectivity index (χ2v) is 3.27. The van der Waals surface area contributed by atoms with E-state index < -0.39 is 0 Å². The first kappa shape index (κ1) is 15.4. The van der Waals surface area contributed by atoms with Crippen molar-refractivity contribution in [3.63, 3.8) is 0 Å².